The van der Waals surface area contributed by atoms with Gasteiger partial charge in [0.15, 0.2) is 17.2 Å². The molecule has 0 radical (unpaired) electrons. The van der Waals surface area contributed by atoms with Crippen molar-refractivity contribution in [2.45, 2.75) is 20.4 Å². The molecule has 2 aromatic carbocycles. The van der Waals surface area contributed by atoms with Crippen LogP contribution in [-0.2, 0) is 11.3 Å². The molecule has 9 heteroatoms. The fraction of sp³-hybridized carbons (Fsp3) is 0.304. The first-order valence-corrected chi connectivity index (χ1v) is 9.96. The Morgan fingerprint density at radius 3 is 2.25 bits per heavy atom. The monoisotopic (exact) mass is 439 g/mol. The van der Waals surface area contributed by atoms with E-state index in [0.717, 1.165) is 0 Å². The fourth-order valence-electron chi connectivity index (χ4n) is 3.32. The summed E-state index contributed by atoms with van der Waals surface area (Å²) < 4.78 is 16.7. The molecule has 1 N–H and O–H groups in total. The Morgan fingerprint density at radius 2 is 1.66 bits per heavy atom. The second kappa shape index (κ2) is 9.51. The summed E-state index contributed by atoms with van der Waals surface area (Å²) in [6, 6.07) is 9.66. The van der Waals surface area contributed by atoms with Crippen molar-refractivity contribution in [1.82, 2.24) is 9.78 Å². The SMILES string of the molecule is COC(=O)c1cc(OC)c(OC)cc1NC(=O)c1nn(CC(C)C)c(=O)c2ccccc12. The number of benzene rings is 2. The summed E-state index contributed by atoms with van der Waals surface area (Å²) in [6.07, 6.45) is 0. The third-order valence-electron chi connectivity index (χ3n) is 4.80. The summed E-state index contributed by atoms with van der Waals surface area (Å²) >= 11 is 0. The number of carbonyl (C=O) groups excluding carboxylic acids is 2. The Kier molecular flexibility index (Phi) is 6.77. The van der Waals surface area contributed by atoms with E-state index < -0.39 is 11.9 Å². The van der Waals surface area contributed by atoms with Gasteiger partial charge in [0, 0.05) is 24.1 Å². The number of ether oxygens (including phenoxy) is 3. The molecule has 0 aliphatic heterocycles. The molecule has 0 spiro atoms. The maximum Gasteiger partial charge on any atom is 0.340 e. The van der Waals surface area contributed by atoms with Gasteiger partial charge in [0.25, 0.3) is 11.5 Å². The Balaban J connectivity index is 2.14. The Bertz CT molecular complexity index is 1230. The van der Waals surface area contributed by atoms with E-state index in [9.17, 15) is 14.4 Å². The molecule has 0 unspecified atom stereocenters. The van der Waals surface area contributed by atoms with Crippen LogP contribution >= 0.6 is 0 Å². The van der Waals surface area contributed by atoms with E-state index in [1.165, 1.54) is 38.1 Å². The number of fused-ring (bicyclic) bond motifs is 1. The predicted octanol–water partition coefficient (Wildman–Crippen LogP) is 3.11. The van der Waals surface area contributed by atoms with Crippen molar-refractivity contribution in [2.24, 2.45) is 5.92 Å². The highest BCUT2D eigenvalue weighted by Gasteiger charge is 2.22. The maximum atomic E-state index is 13.3. The third-order valence-corrected chi connectivity index (χ3v) is 4.80. The first-order chi connectivity index (χ1) is 15.3. The first kappa shape index (κ1) is 22.8. The van der Waals surface area contributed by atoms with Gasteiger partial charge in [-0.3, -0.25) is 9.59 Å². The highest BCUT2D eigenvalue weighted by atomic mass is 16.5. The van der Waals surface area contributed by atoms with E-state index in [1.807, 2.05) is 13.8 Å². The summed E-state index contributed by atoms with van der Waals surface area (Å²) in [6.45, 7) is 4.26. The summed E-state index contributed by atoms with van der Waals surface area (Å²) in [4.78, 5) is 38.4. The standard InChI is InChI=1S/C23H25N3O6/c1-13(2)12-26-22(28)15-9-7-6-8-14(15)20(25-26)21(27)24-17-11-19(31-4)18(30-3)10-16(17)23(29)32-5/h6-11,13H,12H2,1-5H3,(H,24,27). The molecule has 9 nitrogen and oxygen atoms in total. The zero-order chi connectivity index (χ0) is 23.4. The van der Waals surface area contributed by atoms with E-state index >= 15 is 0 Å². The molecule has 32 heavy (non-hydrogen) atoms. The molecular formula is C23H25N3O6. The molecule has 3 aromatic rings. The second-order valence-electron chi connectivity index (χ2n) is 7.47. The lowest BCUT2D eigenvalue weighted by Crippen LogP contribution is -2.29. The van der Waals surface area contributed by atoms with Crippen LogP contribution in [0, 0.1) is 5.92 Å². The number of carbonyl (C=O) groups is 2. The Hall–Kier alpha value is -3.88. The lowest BCUT2D eigenvalue weighted by Gasteiger charge is -2.16. The van der Waals surface area contributed by atoms with Crippen LogP contribution in [0.5, 0.6) is 11.5 Å². The van der Waals surface area contributed by atoms with Crippen LogP contribution in [0.4, 0.5) is 5.69 Å². The molecule has 0 saturated carbocycles. The fourth-order valence-corrected chi connectivity index (χ4v) is 3.32. The van der Waals surface area contributed by atoms with Gasteiger partial charge in [-0.15, -0.1) is 0 Å². The van der Waals surface area contributed by atoms with Crippen LogP contribution in [0.25, 0.3) is 10.8 Å². The zero-order valence-corrected chi connectivity index (χ0v) is 18.6. The number of amides is 1. The van der Waals surface area contributed by atoms with Crippen LogP contribution in [0.3, 0.4) is 0 Å². The quantitative estimate of drug-likeness (QED) is 0.564. The van der Waals surface area contributed by atoms with Crippen LogP contribution in [0.15, 0.2) is 41.2 Å². The highest BCUT2D eigenvalue weighted by molar-refractivity contribution is 6.13. The minimum atomic E-state index is -0.663. The van der Waals surface area contributed by atoms with Crippen LogP contribution in [-0.4, -0.2) is 43.0 Å². The summed E-state index contributed by atoms with van der Waals surface area (Å²) in [5, 5.41) is 7.83. The molecule has 3 rings (SSSR count). The number of methoxy groups -OCH3 is 3. The predicted molar refractivity (Wildman–Crippen MR) is 120 cm³/mol. The largest absolute Gasteiger partial charge is 0.493 e. The number of rotatable bonds is 7. The van der Waals surface area contributed by atoms with Gasteiger partial charge in [-0.25, -0.2) is 9.48 Å². The zero-order valence-electron chi connectivity index (χ0n) is 18.6. The number of anilines is 1. The normalized spacial score (nSPS) is 10.8. The lowest BCUT2D eigenvalue weighted by molar-refractivity contribution is 0.0601. The van der Waals surface area contributed by atoms with Gasteiger partial charge in [0.2, 0.25) is 0 Å². The molecule has 1 heterocycles. The van der Waals surface area contributed by atoms with E-state index in [4.69, 9.17) is 14.2 Å². The molecule has 0 aliphatic carbocycles. The van der Waals surface area contributed by atoms with Crippen LogP contribution in [0.1, 0.15) is 34.7 Å². The van der Waals surface area contributed by atoms with Gasteiger partial charge >= 0.3 is 5.97 Å². The molecule has 0 aliphatic rings. The second-order valence-corrected chi connectivity index (χ2v) is 7.47. The summed E-state index contributed by atoms with van der Waals surface area (Å²) in [7, 11) is 4.12. The van der Waals surface area contributed by atoms with E-state index in [1.54, 1.807) is 24.3 Å². The topological polar surface area (TPSA) is 109 Å². The minimum absolute atomic E-state index is 0.0615. The number of nitrogens with zero attached hydrogens (tertiary/aromatic N) is 2. The number of nitrogens with one attached hydrogen (secondary N) is 1. The average Bonchev–Trinajstić information content (AvgIpc) is 2.79. The van der Waals surface area contributed by atoms with Crippen molar-refractivity contribution in [3.05, 3.63) is 58.0 Å². The molecule has 168 valence electrons. The Labute approximate surface area is 184 Å². The van der Waals surface area contributed by atoms with Gasteiger partial charge in [-0.05, 0) is 12.0 Å². The maximum absolute atomic E-state index is 13.3. The number of esters is 1. The van der Waals surface area contributed by atoms with Crippen molar-refractivity contribution in [3.63, 3.8) is 0 Å². The van der Waals surface area contributed by atoms with Crippen molar-refractivity contribution in [1.29, 1.82) is 0 Å². The molecule has 0 fully saturated rings. The molecule has 0 atom stereocenters. The average molecular weight is 439 g/mol. The molecular weight excluding hydrogens is 414 g/mol. The minimum Gasteiger partial charge on any atom is -0.493 e. The van der Waals surface area contributed by atoms with Gasteiger partial charge in [0.05, 0.1) is 38.0 Å². The van der Waals surface area contributed by atoms with Gasteiger partial charge in [-0.2, -0.15) is 5.10 Å². The van der Waals surface area contributed by atoms with E-state index in [2.05, 4.69) is 10.4 Å². The van der Waals surface area contributed by atoms with Crippen molar-refractivity contribution in [2.75, 3.05) is 26.6 Å². The molecule has 0 bridgehead atoms. The number of hydrogen-bond acceptors (Lipinski definition) is 7. The molecule has 1 aromatic heterocycles. The van der Waals surface area contributed by atoms with Gasteiger partial charge in [0.1, 0.15) is 0 Å². The van der Waals surface area contributed by atoms with Crippen molar-refractivity contribution < 1.29 is 23.8 Å². The number of aromatic nitrogens is 2. The third kappa shape index (κ3) is 4.41. The molecule has 1 amide bonds. The summed E-state index contributed by atoms with van der Waals surface area (Å²) in [5.41, 5.74) is 0.0314. The van der Waals surface area contributed by atoms with Crippen molar-refractivity contribution >= 4 is 28.3 Å². The van der Waals surface area contributed by atoms with Crippen LogP contribution in [0.2, 0.25) is 0 Å². The Morgan fingerprint density at radius 1 is 1.03 bits per heavy atom. The van der Waals surface area contributed by atoms with Gasteiger partial charge in [-0.1, -0.05) is 32.0 Å². The number of hydrogen-bond donors (Lipinski definition) is 1. The van der Waals surface area contributed by atoms with E-state index in [-0.39, 0.29) is 28.4 Å². The van der Waals surface area contributed by atoms with Crippen LogP contribution < -0.4 is 20.3 Å². The first-order valence-electron chi connectivity index (χ1n) is 9.96. The lowest BCUT2D eigenvalue weighted by atomic mass is 10.1. The van der Waals surface area contributed by atoms with Crippen molar-refractivity contribution in [3.8, 4) is 11.5 Å². The smallest absolute Gasteiger partial charge is 0.340 e. The molecule has 0 saturated heterocycles. The summed E-state index contributed by atoms with van der Waals surface area (Å²) in [5.74, 6) is -0.480. The highest BCUT2D eigenvalue weighted by Crippen LogP contribution is 2.34. The van der Waals surface area contributed by atoms with E-state index in [0.29, 0.717) is 28.8 Å². The van der Waals surface area contributed by atoms with Gasteiger partial charge < -0.3 is 19.5 Å².